The third-order valence-corrected chi connectivity index (χ3v) is 9.73. The summed E-state index contributed by atoms with van der Waals surface area (Å²) in [4.78, 5) is 15.0. The average Bonchev–Trinajstić information content (AvgIpc) is 3.57. The van der Waals surface area contributed by atoms with E-state index in [-0.39, 0.29) is 0 Å². The molecular weight excluding hydrogens is 623 g/mol. The van der Waals surface area contributed by atoms with Gasteiger partial charge in [-0.2, -0.15) is 0 Å². The smallest absolute Gasteiger partial charge is 0.164 e. The number of aromatic nitrogens is 3. The van der Waals surface area contributed by atoms with Crippen LogP contribution in [0.3, 0.4) is 0 Å². The number of rotatable bonds is 5. The number of fused-ring (bicyclic) bond motifs is 5. The minimum absolute atomic E-state index is 0.627. The van der Waals surface area contributed by atoms with Gasteiger partial charge in [-0.3, -0.25) is 0 Å². The van der Waals surface area contributed by atoms with Crippen LogP contribution < -0.4 is 0 Å². The summed E-state index contributed by atoms with van der Waals surface area (Å²) in [5.41, 5.74) is 9.14. The molecule has 0 atom stereocenters. The molecule has 2 heterocycles. The molecule has 0 amide bonds. The molecule has 0 aliphatic heterocycles. The van der Waals surface area contributed by atoms with Crippen LogP contribution in [0.4, 0.5) is 0 Å². The molecule has 4 heteroatoms. The molecule has 10 rings (SSSR count). The van der Waals surface area contributed by atoms with E-state index in [0.717, 1.165) is 55.3 Å². The third-order valence-electron chi connectivity index (χ3n) is 9.73. The van der Waals surface area contributed by atoms with Gasteiger partial charge in [-0.1, -0.05) is 158 Å². The highest BCUT2D eigenvalue weighted by molar-refractivity contribution is 6.15. The topological polar surface area (TPSA) is 51.8 Å². The minimum atomic E-state index is 0.627. The molecule has 0 N–H and O–H groups in total. The van der Waals surface area contributed by atoms with Gasteiger partial charge >= 0.3 is 0 Å². The van der Waals surface area contributed by atoms with E-state index >= 15 is 0 Å². The van der Waals surface area contributed by atoms with Crippen LogP contribution in [0.15, 0.2) is 180 Å². The van der Waals surface area contributed by atoms with Crippen LogP contribution in [-0.2, 0) is 0 Å². The van der Waals surface area contributed by atoms with Crippen molar-refractivity contribution < 1.29 is 4.42 Å². The highest BCUT2D eigenvalue weighted by Gasteiger charge is 2.16. The lowest BCUT2D eigenvalue weighted by atomic mass is 9.97. The van der Waals surface area contributed by atoms with Gasteiger partial charge in [0.25, 0.3) is 0 Å². The first kappa shape index (κ1) is 29.0. The summed E-state index contributed by atoms with van der Waals surface area (Å²) in [7, 11) is 0. The van der Waals surface area contributed by atoms with Crippen LogP contribution in [0.1, 0.15) is 0 Å². The summed E-state index contributed by atoms with van der Waals surface area (Å²) in [6.07, 6.45) is 0. The fourth-order valence-electron chi connectivity index (χ4n) is 7.18. The van der Waals surface area contributed by atoms with Gasteiger partial charge in [0.2, 0.25) is 0 Å². The Labute approximate surface area is 294 Å². The largest absolute Gasteiger partial charge is 0.456 e. The van der Waals surface area contributed by atoms with E-state index < -0.39 is 0 Å². The highest BCUT2D eigenvalue weighted by atomic mass is 16.3. The van der Waals surface area contributed by atoms with E-state index in [0.29, 0.717) is 17.5 Å². The molecule has 0 unspecified atom stereocenters. The maximum Gasteiger partial charge on any atom is 0.164 e. The van der Waals surface area contributed by atoms with Crippen molar-refractivity contribution >= 4 is 43.5 Å². The predicted molar refractivity (Wildman–Crippen MR) is 209 cm³/mol. The van der Waals surface area contributed by atoms with Crippen molar-refractivity contribution in [3.8, 4) is 56.4 Å². The summed E-state index contributed by atoms with van der Waals surface area (Å²) >= 11 is 0. The summed E-state index contributed by atoms with van der Waals surface area (Å²) in [6, 6.07) is 61.1. The van der Waals surface area contributed by atoms with Crippen molar-refractivity contribution in [3.63, 3.8) is 0 Å². The molecule has 0 fully saturated rings. The Morgan fingerprint density at radius 1 is 0.314 bits per heavy atom. The summed E-state index contributed by atoms with van der Waals surface area (Å²) in [6.45, 7) is 0. The van der Waals surface area contributed by atoms with E-state index in [1.54, 1.807) is 0 Å². The van der Waals surface area contributed by atoms with Gasteiger partial charge in [-0.05, 0) is 62.0 Å². The Hall–Kier alpha value is -6.91. The number of nitrogens with zero attached hydrogens (tertiary/aromatic N) is 3. The summed E-state index contributed by atoms with van der Waals surface area (Å²) in [5, 5.41) is 7.05. The number of hydrogen-bond donors (Lipinski definition) is 0. The fraction of sp³-hybridized carbons (Fsp3) is 0. The van der Waals surface area contributed by atoms with Crippen LogP contribution in [0, 0.1) is 0 Å². The Balaban J connectivity index is 1.05. The van der Waals surface area contributed by atoms with Crippen molar-refractivity contribution in [2.45, 2.75) is 0 Å². The Morgan fingerprint density at radius 2 is 0.804 bits per heavy atom. The lowest BCUT2D eigenvalue weighted by Gasteiger charge is -2.11. The second-order valence-corrected chi connectivity index (χ2v) is 12.8. The summed E-state index contributed by atoms with van der Waals surface area (Å²) < 4.78 is 6.35. The van der Waals surface area contributed by atoms with Crippen LogP contribution in [0.25, 0.3) is 99.9 Å². The van der Waals surface area contributed by atoms with E-state index in [9.17, 15) is 0 Å². The molecule has 4 nitrogen and oxygen atoms in total. The van der Waals surface area contributed by atoms with Gasteiger partial charge in [0, 0.05) is 27.5 Å². The molecule has 0 aliphatic carbocycles. The first-order valence-corrected chi connectivity index (χ1v) is 17.1. The highest BCUT2D eigenvalue weighted by Crippen LogP contribution is 2.39. The molecular formula is C47H29N3O. The first-order valence-electron chi connectivity index (χ1n) is 17.1. The van der Waals surface area contributed by atoms with Gasteiger partial charge in [0.15, 0.2) is 17.5 Å². The van der Waals surface area contributed by atoms with Crippen LogP contribution in [0.5, 0.6) is 0 Å². The Morgan fingerprint density at radius 3 is 1.49 bits per heavy atom. The SMILES string of the molecule is c1ccc(-c2nc(-c3ccc(-c4cccc5ccccc45)cc3)nc(-c3ccc(-c4cccc5oc6cc7ccccc7cc6c45)cc3)n2)cc1. The standard InChI is InChI=1S/C47H29N3O/c1-2-11-33(12-3-1)45-48-46(34-24-20-31(21-25-34)39-17-8-15-30-10-6-7-16-38(30)39)50-47(49-45)35-26-22-32(23-27-35)40-18-9-19-42-44(40)41-28-36-13-4-5-14-37(36)29-43(41)51-42/h1-29H. The number of benzene rings is 8. The zero-order valence-electron chi connectivity index (χ0n) is 27.5. The molecule has 0 spiro atoms. The first-order chi connectivity index (χ1) is 25.2. The predicted octanol–water partition coefficient (Wildman–Crippen LogP) is 12.4. The van der Waals surface area contributed by atoms with Crippen molar-refractivity contribution in [2.24, 2.45) is 0 Å². The molecule has 51 heavy (non-hydrogen) atoms. The maximum atomic E-state index is 6.35. The maximum absolute atomic E-state index is 6.35. The lowest BCUT2D eigenvalue weighted by molar-refractivity contribution is 0.669. The quantitative estimate of drug-likeness (QED) is 0.186. The molecule has 2 aromatic heterocycles. The summed E-state index contributed by atoms with van der Waals surface area (Å²) in [5.74, 6) is 1.90. The Kier molecular flexibility index (Phi) is 6.78. The second-order valence-electron chi connectivity index (χ2n) is 12.8. The van der Waals surface area contributed by atoms with Crippen molar-refractivity contribution in [2.75, 3.05) is 0 Å². The van der Waals surface area contributed by atoms with Gasteiger partial charge in [-0.25, -0.2) is 15.0 Å². The zero-order valence-corrected chi connectivity index (χ0v) is 27.5. The van der Waals surface area contributed by atoms with E-state index in [4.69, 9.17) is 19.4 Å². The van der Waals surface area contributed by atoms with Crippen molar-refractivity contribution in [1.82, 2.24) is 15.0 Å². The van der Waals surface area contributed by atoms with E-state index in [2.05, 4.69) is 140 Å². The normalized spacial score (nSPS) is 11.5. The van der Waals surface area contributed by atoms with Gasteiger partial charge in [-0.15, -0.1) is 0 Å². The number of hydrogen-bond acceptors (Lipinski definition) is 4. The van der Waals surface area contributed by atoms with Crippen LogP contribution in [-0.4, -0.2) is 15.0 Å². The molecule has 8 aromatic carbocycles. The lowest BCUT2D eigenvalue weighted by Crippen LogP contribution is -2.00. The molecule has 0 saturated carbocycles. The van der Waals surface area contributed by atoms with E-state index in [1.165, 1.54) is 27.1 Å². The van der Waals surface area contributed by atoms with Crippen molar-refractivity contribution in [1.29, 1.82) is 0 Å². The molecule has 0 bridgehead atoms. The van der Waals surface area contributed by atoms with Gasteiger partial charge < -0.3 is 4.42 Å². The minimum Gasteiger partial charge on any atom is -0.456 e. The van der Waals surface area contributed by atoms with Crippen LogP contribution in [0.2, 0.25) is 0 Å². The van der Waals surface area contributed by atoms with Crippen molar-refractivity contribution in [3.05, 3.63) is 176 Å². The monoisotopic (exact) mass is 651 g/mol. The third kappa shape index (κ3) is 5.13. The molecule has 238 valence electrons. The second kappa shape index (κ2) is 11.9. The number of furan rings is 1. The van der Waals surface area contributed by atoms with Gasteiger partial charge in [0.05, 0.1) is 0 Å². The fourth-order valence-corrected chi connectivity index (χ4v) is 7.18. The zero-order chi connectivity index (χ0) is 33.7. The molecule has 10 aromatic rings. The molecule has 0 saturated heterocycles. The molecule has 0 radical (unpaired) electrons. The molecule has 0 aliphatic rings. The van der Waals surface area contributed by atoms with E-state index in [1.807, 2.05) is 36.4 Å². The van der Waals surface area contributed by atoms with Crippen LogP contribution >= 0.6 is 0 Å². The van der Waals surface area contributed by atoms with Gasteiger partial charge in [0.1, 0.15) is 11.2 Å². The average molecular weight is 652 g/mol. The Bertz CT molecular complexity index is 2890.